The van der Waals surface area contributed by atoms with Crippen LogP contribution in [-0.4, -0.2) is 40.5 Å². The number of hydrogen-bond donors (Lipinski definition) is 1. The first-order valence-corrected chi connectivity index (χ1v) is 9.32. The summed E-state index contributed by atoms with van der Waals surface area (Å²) in [6, 6.07) is 5.93. The number of thiazole rings is 1. The molecule has 140 valence electrons. The molecule has 9 nitrogen and oxygen atoms in total. The molecule has 28 heavy (non-hydrogen) atoms. The van der Waals surface area contributed by atoms with Gasteiger partial charge in [0.05, 0.1) is 29.2 Å². The maximum absolute atomic E-state index is 13.1. The highest BCUT2D eigenvalue weighted by atomic mass is 32.1. The zero-order valence-electron chi connectivity index (χ0n) is 15.1. The van der Waals surface area contributed by atoms with Gasteiger partial charge in [0.1, 0.15) is 16.7 Å². The van der Waals surface area contributed by atoms with Crippen LogP contribution in [0.5, 0.6) is 0 Å². The van der Waals surface area contributed by atoms with E-state index >= 15 is 0 Å². The van der Waals surface area contributed by atoms with Gasteiger partial charge in [-0.3, -0.25) is 9.48 Å². The third-order valence-electron chi connectivity index (χ3n) is 4.91. The van der Waals surface area contributed by atoms with Crippen molar-refractivity contribution in [2.45, 2.75) is 6.54 Å². The van der Waals surface area contributed by atoms with Crippen molar-refractivity contribution >= 4 is 49.7 Å². The molecule has 0 aliphatic carbocycles. The predicted molar refractivity (Wildman–Crippen MR) is 107 cm³/mol. The van der Waals surface area contributed by atoms with E-state index < -0.39 is 0 Å². The van der Waals surface area contributed by atoms with Crippen molar-refractivity contribution in [3.63, 3.8) is 0 Å². The van der Waals surface area contributed by atoms with Crippen molar-refractivity contribution < 1.29 is 5.21 Å². The number of aryl methyl sites for hydroxylation is 2. The van der Waals surface area contributed by atoms with Crippen LogP contribution in [0.15, 0.2) is 40.5 Å². The molecule has 4 aromatic heterocycles. The van der Waals surface area contributed by atoms with Crippen molar-refractivity contribution in [3.05, 3.63) is 51.5 Å². The number of aromatic nitrogens is 6. The molecule has 0 aliphatic rings. The highest BCUT2D eigenvalue weighted by Gasteiger charge is 2.18. The van der Waals surface area contributed by atoms with Crippen LogP contribution in [0.1, 0.15) is 10.6 Å². The monoisotopic (exact) mass is 393 g/mol. The largest absolute Gasteiger partial charge is 0.411 e. The Kier molecular flexibility index (Phi) is 3.56. The van der Waals surface area contributed by atoms with E-state index in [0.717, 1.165) is 26.6 Å². The van der Waals surface area contributed by atoms with E-state index in [0.29, 0.717) is 22.7 Å². The fourth-order valence-electron chi connectivity index (χ4n) is 3.56. The van der Waals surface area contributed by atoms with Crippen LogP contribution in [0.3, 0.4) is 0 Å². The van der Waals surface area contributed by atoms with Gasteiger partial charge in [-0.1, -0.05) is 17.3 Å². The molecule has 5 rings (SSSR count). The molecule has 0 saturated carbocycles. The van der Waals surface area contributed by atoms with E-state index in [1.54, 1.807) is 24.0 Å². The average molecular weight is 393 g/mol. The minimum Gasteiger partial charge on any atom is -0.411 e. The number of hydrogen-bond acceptors (Lipinski definition) is 7. The van der Waals surface area contributed by atoms with E-state index in [1.807, 2.05) is 29.9 Å². The van der Waals surface area contributed by atoms with Crippen LogP contribution in [0.2, 0.25) is 0 Å². The maximum Gasteiger partial charge on any atom is 0.291 e. The van der Waals surface area contributed by atoms with Crippen LogP contribution in [0.25, 0.3) is 32.2 Å². The standard InChI is InChI=1S/C18H15N7O2S/c1-23-15-12(16-17(23)22-14(28-16)8-21-27)7-20-25(18(15)26)9-10-4-3-5-13-11(10)6-19-24(13)2/h3-8,27H,9H2,1-2H3/b21-8+. The molecule has 0 aliphatic heterocycles. The SMILES string of the molecule is Cn1ncc2c(Cn3ncc4c5sc(/C=N/O)nc5n(C)c4c3=O)cccc21. The number of fused-ring (bicyclic) bond motifs is 4. The molecule has 1 aromatic carbocycles. The van der Waals surface area contributed by atoms with E-state index in [-0.39, 0.29) is 5.56 Å². The van der Waals surface area contributed by atoms with Gasteiger partial charge in [0.15, 0.2) is 5.65 Å². The highest BCUT2D eigenvalue weighted by molar-refractivity contribution is 7.21. The third kappa shape index (κ3) is 2.28. The Hall–Kier alpha value is -3.53. The lowest BCUT2D eigenvalue weighted by molar-refractivity contribution is 0.322. The van der Waals surface area contributed by atoms with Gasteiger partial charge in [-0.2, -0.15) is 10.2 Å². The molecule has 0 unspecified atom stereocenters. The van der Waals surface area contributed by atoms with Crippen molar-refractivity contribution in [2.75, 3.05) is 0 Å². The Bertz CT molecular complexity index is 1450. The minimum atomic E-state index is -0.177. The van der Waals surface area contributed by atoms with Crippen LogP contribution < -0.4 is 5.56 Å². The molecule has 0 atom stereocenters. The molecule has 10 heteroatoms. The van der Waals surface area contributed by atoms with Gasteiger partial charge in [-0.15, -0.1) is 11.3 Å². The van der Waals surface area contributed by atoms with Gasteiger partial charge >= 0.3 is 0 Å². The molecule has 0 amide bonds. The molecule has 0 spiro atoms. The molecule has 1 N–H and O–H groups in total. The molecule has 0 radical (unpaired) electrons. The first-order valence-electron chi connectivity index (χ1n) is 8.50. The second-order valence-electron chi connectivity index (χ2n) is 6.50. The van der Waals surface area contributed by atoms with Crippen LogP contribution in [0.4, 0.5) is 0 Å². The number of benzene rings is 1. The molecule has 0 fully saturated rings. The summed E-state index contributed by atoms with van der Waals surface area (Å²) < 4.78 is 5.88. The Morgan fingerprint density at radius 2 is 2.04 bits per heavy atom. The first kappa shape index (κ1) is 16.6. The molecule has 0 bridgehead atoms. The fourth-order valence-corrected chi connectivity index (χ4v) is 4.53. The second kappa shape index (κ2) is 5.99. The quantitative estimate of drug-likeness (QED) is 0.287. The van der Waals surface area contributed by atoms with Crippen LogP contribution >= 0.6 is 11.3 Å². The van der Waals surface area contributed by atoms with Gasteiger partial charge in [-0.25, -0.2) is 9.67 Å². The van der Waals surface area contributed by atoms with Crippen molar-refractivity contribution in [1.29, 1.82) is 0 Å². The summed E-state index contributed by atoms with van der Waals surface area (Å²) in [5.74, 6) is 0. The van der Waals surface area contributed by atoms with E-state index in [9.17, 15) is 4.79 Å². The first-order chi connectivity index (χ1) is 13.6. The molecule has 0 saturated heterocycles. The van der Waals surface area contributed by atoms with Gasteiger partial charge in [-0.05, 0) is 11.6 Å². The van der Waals surface area contributed by atoms with Crippen molar-refractivity contribution in [2.24, 2.45) is 19.3 Å². The Morgan fingerprint density at radius 1 is 1.21 bits per heavy atom. The predicted octanol–water partition coefficient (Wildman–Crippen LogP) is 2.09. The fraction of sp³-hybridized carbons (Fsp3) is 0.167. The Morgan fingerprint density at radius 3 is 2.86 bits per heavy atom. The lowest BCUT2D eigenvalue weighted by atomic mass is 10.1. The van der Waals surface area contributed by atoms with E-state index in [4.69, 9.17) is 5.21 Å². The third-order valence-corrected chi connectivity index (χ3v) is 5.92. The van der Waals surface area contributed by atoms with Crippen molar-refractivity contribution in [1.82, 2.24) is 29.1 Å². The average Bonchev–Trinajstić information content (AvgIpc) is 3.34. The topological polar surface area (TPSA) is 103 Å². The summed E-state index contributed by atoms with van der Waals surface area (Å²) in [4.78, 5) is 17.6. The van der Waals surface area contributed by atoms with Gasteiger partial charge < -0.3 is 9.77 Å². The molecule has 4 heterocycles. The van der Waals surface area contributed by atoms with Gasteiger partial charge in [0, 0.05) is 24.9 Å². The second-order valence-corrected chi connectivity index (χ2v) is 7.53. The smallest absolute Gasteiger partial charge is 0.291 e. The molecule has 5 aromatic rings. The lowest BCUT2D eigenvalue weighted by Crippen LogP contribution is -2.24. The highest BCUT2D eigenvalue weighted by Crippen LogP contribution is 2.30. The maximum atomic E-state index is 13.1. The summed E-state index contributed by atoms with van der Waals surface area (Å²) >= 11 is 1.35. The number of nitrogens with zero attached hydrogens (tertiary/aromatic N) is 7. The minimum absolute atomic E-state index is 0.177. The lowest BCUT2D eigenvalue weighted by Gasteiger charge is -2.07. The van der Waals surface area contributed by atoms with E-state index in [1.165, 1.54) is 22.2 Å². The number of oxime groups is 1. The van der Waals surface area contributed by atoms with Crippen LogP contribution in [0, 0.1) is 0 Å². The Labute approximate surface area is 161 Å². The van der Waals surface area contributed by atoms with Crippen LogP contribution in [-0.2, 0) is 20.6 Å². The van der Waals surface area contributed by atoms with Crippen molar-refractivity contribution in [3.8, 4) is 0 Å². The summed E-state index contributed by atoms with van der Waals surface area (Å²) in [6.07, 6.45) is 4.78. The zero-order chi connectivity index (χ0) is 19.4. The molecular weight excluding hydrogens is 378 g/mol. The Balaban J connectivity index is 1.67. The summed E-state index contributed by atoms with van der Waals surface area (Å²) in [5.41, 5.74) is 3.03. The van der Waals surface area contributed by atoms with Gasteiger partial charge in [0.25, 0.3) is 5.56 Å². The normalized spacial score (nSPS) is 12.2. The summed E-state index contributed by atoms with van der Waals surface area (Å²) in [7, 11) is 3.69. The summed E-state index contributed by atoms with van der Waals surface area (Å²) in [6.45, 7) is 0.354. The zero-order valence-corrected chi connectivity index (χ0v) is 15.9. The van der Waals surface area contributed by atoms with Gasteiger partial charge in [0.2, 0.25) is 0 Å². The number of rotatable bonds is 3. The summed E-state index contributed by atoms with van der Waals surface area (Å²) in [5, 5.41) is 22.7. The van der Waals surface area contributed by atoms with E-state index in [2.05, 4.69) is 20.3 Å². The molecular formula is C18H15N7O2S.